The third kappa shape index (κ3) is 4.12. The van der Waals surface area contributed by atoms with Crippen molar-refractivity contribution in [2.24, 2.45) is 0 Å². The van der Waals surface area contributed by atoms with Crippen LogP contribution in [-0.4, -0.2) is 21.9 Å². The van der Waals surface area contributed by atoms with E-state index in [9.17, 15) is 17.6 Å². The van der Waals surface area contributed by atoms with Gasteiger partial charge in [0.15, 0.2) is 0 Å². The molecule has 6 rings (SSSR count). The van der Waals surface area contributed by atoms with Crippen LogP contribution in [0.15, 0.2) is 78.9 Å². The predicted octanol–water partition coefficient (Wildman–Crippen LogP) is 7.27. The van der Waals surface area contributed by atoms with Crippen molar-refractivity contribution in [3.8, 4) is 28.3 Å². The van der Waals surface area contributed by atoms with Crippen LogP contribution in [0.4, 0.5) is 17.6 Å². The minimum absolute atomic E-state index is 0.116. The van der Waals surface area contributed by atoms with Crippen LogP contribution in [0.3, 0.4) is 0 Å². The number of para-hydroxylation sites is 1. The number of aromatic nitrogens is 3. The van der Waals surface area contributed by atoms with Crippen molar-refractivity contribution in [3.63, 3.8) is 0 Å². The van der Waals surface area contributed by atoms with Gasteiger partial charge in [-0.25, -0.2) is 9.37 Å². The second kappa shape index (κ2) is 8.73. The quantitative estimate of drug-likeness (QED) is 0.242. The Morgan fingerprint density at radius 3 is 2.59 bits per heavy atom. The standard InChI is InChI=1S/C29H21F4N3O/c1-37-21-7-4-6-18(13-21)20-15-26-27(25-12-10-17-5-2-3-8-24(17)34-25)28(35-36(26)16-20)19-9-11-23(30)22(14-19)29(31,32)33/h2-14,20H,15-16H2,1H3. The Balaban J connectivity index is 1.51. The Labute approximate surface area is 210 Å². The molecule has 0 spiro atoms. The molecule has 1 atom stereocenters. The average molecular weight is 503 g/mol. The number of alkyl halides is 3. The summed E-state index contributed by atoms with van der Waals surface area (Å²) in [7, 11) is 1.62. The van der Waals surface area contributed by atoms with E-state index in [0.717, 1.165) is 40.0 Å². The minimum atomic E-state index is -4.82. The number of hydrogen-bond acceptors (Lipinski definition) is 3. The Morgan fingerprint density at radius 1 is 0.946 bits per heavy atom. The predicted molar refractivity (Wildman–Crippen MR) is 133 cm³/mol. The molecule has 0 aliphatic carbocycles. The maximum Gasteiger partial charge on any atom is 0.419 e. The molecule has 0 radical (unpaired) electrons. The van der Waals surface area contributed by atoms with E-state index in [0.29, 0.717) is 29.9 Å². The van der Waals surface area contributed by atoms with Gasteiger partial charge in [-0.1, -0.05) is 36.4 Å². The lowest BCUT2D eigenvalue weighted by Gasteiger charge is -2.13. The average Bonchev–Trinajstić information content (AvgIpc) is 3.46. The first-order valence-corrected chi connectivity index (χ1v) is 11.8. The van der Waals surface area contributed by atoms with Gasteiger partial charge in [0, 0.05) is 34.7 Å². The van der Waals surface area contributed by atoms with Gasteiger partial charge in [0.05, 0.1) is 23.9 Å². The maximum absolute atomic E-state index is 14.1. The first kappa shape index (κ1) is 23.2. The summed E-state index contributed by atoms with van der Waals surface area (Å²) in [6.45, 7) is 0.552. The van der Waals surface area contributed by atoms with Gasteiger partial charge >= 0.3 is 6.18 Å². The van der Waals surface area contributed by atoms with E-state index in [1.165, 1.54) is 6.07 Å². The molecule has 1 aliphatic rings. The summed E-state index contributed by atoms with van der Waals surface area (Å²) in [5, 5.41) is 5.70. The molecule has 0 N–H and O–H groups in total. The van der Waals surface area contributed by atoms with Crippen molar-refractivity contribution in [1.82, 2.24) is 14.8 Å². The van der Waals surface area contributed by atoms with Crippen molar-refractivity contribution in [2.45, 2.75) is 25.1 Å². The molecule has 2 aromatic heterocycles. The van der Waals surface area contributed by atoms with Crippen LogP contribution >= 0.6 is 0 Å². The van der Waals surface area contributed by atoms with Gasteiger partial charge in [0.1, 0.15) is 17.3 Å². The Bertz CT molecular complexity index is 1640. The number of ether oxygens (including phenoxy) is 1. The molecule has 1 unspecified atom stereocenters. The molecule has 1 aliphatic heterocycles. The van der Waals surface area contributed by atoms with Gasteiger partial charge < -0.3 is 4.74 Å². The van der Waals surface area contributed by atoms with Gasteiger partial charge in [-0.05, 0) is 54.4 Å². The summed E-state index contributed by atoms with van der Waals surface area (Å²) in [5.74, 6) is -0.443. The topological polar surface area (TPSA) is 39.9 Å². The molecule has 5 aromatic rings. The van der Waals surface area contributed by atoms with Gasteiger partial charge in [-0.3, -0.25) is 4.68 Å². The van der Waals surface area contributed by atoms with Crippen molar-refractivity contribution in [2.75, 3.05) is 7.11 Å². The zero-order chi connectivity index (χ0) is 25.7. The molecule has 0 bridgehead atoms. The number of hydrogen-bond donors (Lipinski definition) is 0. The van der Waals surface area contributed by atoms with Gasteiger partial charge in [0.2, 0.25) is 0 Å². The molecule has 3 heterocycles. The van der Waals surface area contributed by atoms with Gasteiger partial charge in [-0.15, -0.1) is 0 Å². The van der Waals surface area contributed by atoms with Crippen LogP contribution in [0, 0.1) is 5.82 Å². The van der Waals surface area contributed by atoms with E-state index in [1.807, 2.05) is 65.3 Å². The highest BCUT2D eigenvalue weighted by Gasteiger charge is 2.36. The summed E-state index contributed by atoms with van der Waals surface area (Å²) in [6.07, 6.45) is -4.20. The highest BCUT2D eigenvalue weighted by Crippen LogP contribution is 2.43. The second-order valence-corrected chi connectivity index (χ2v) is 9.11. The summed E-state index contributed by atoms with van der Waals surface area (Å²) < 4.78 is 61.8. The molecule has 3 aromatic carbocycles. The lowest BCUT2D eigenvalue weighted by molar-refractivity contribution is -0.139. The number of rotatable bonds is 4. The van der Waals surface area contributed by atoms with Crippen LogP contribution in [0.25, 0.3) is 33.4 Å². The SMILES string of the molecule is COc1cccc(C2Cc3c(-c4ccc5ccccc5n4)c(-c4ccc(F)c(C(F)(F)F)c4)nn3C2)c1. The number of nitrogens with zero attached hydrogens (tertiary/aromatic N) is 3. The number of methoxy groups -OCH3 is 1. The van der Waals surface area contributed by atoms with Crippen molar-refractivity contribution < 1.29 is 22.3 Å². The maximum atomic E-state index is 14.1. The smallest absolute Gasteiger partial charge is 0.419 e. The molecule has 186 valence electrons. The van der Waals surface area contributed by atoms with Crippen LogP contribution in [0.1, 0.15) is 22.7 Å². The summed E-state index contributed by atoms with van der Waals surface area (Å²) >= 11 is 0. The van der Waals surface area contributed by atoms with Crippen LogP contribution in [0.5, 0.6) is 5.75 Å². The monoisotopic (exact) mass is 503 g/mol. The second-order valence-electron chi connectivity index (χ2n) is 9.11. The van der Waals surface area contributed by atoms with Crippen LogP contribution in [-0.2, 0) is 19.1 Å². The molecule has 0 saturated heterocycles. The van der Waals surface area contributed by atoms with E-state index in [4.69, 9.17) is 14.8 Å². The Kier molecular flexibility index (Phi) is 5.47. The largest absolute Gasteiger partial charge is 0.497 e. The van der Waals surface area contributed by atoms with E-state index in [-0.39, 0.29) is 11.5 Å². The number of halogens is 4. The molecule has 8 heteroatoms. The fourth-order valence-electron chi connectivity index (χ4n) is 5.05. The van der Waals surface area contributed by atoms with Crippen molar-refractivity contribution in [3.05, 3.63) is 102 Å². The third-order valence-corrected chi connectivity index (χ3v) is 6.86. The summed E-state index contributed by atoms with van der Waals surface area (Å²) in [5.41, 5.74) is 3.24. The molecule has 0 saturated carbocycles. The van der Waals surface area contributed by atoms with E-state index >= 15 is 0 Å². The van der Waals surface area contributed by atoms with Gasteiger partial charge in [0.25, 0.3) is 0 Å². The number of benzene rings is 3. The van der Waals surface area contributed by atoms with E-state index in [1.54, 1.807) is 7.11 Å². The van der Waals surface area contributed by atoms with E-state index in [2.05, 4.69) is 0 Å². The number of fused-ring (bicyclic) bond motifs is 2. The summed E-state index contributed by atoms with van der Waals surface area (Å²) in [4.78, 5) is 4.83. The molecule has 37 heavy (non-hydrogen) atoms. The molecular weight excluding hydrogens is 482 g/mol. The van der Waals surface area contributed by atoms with Crippen molar-refractivity contribution in [1.29, 1.82) is 0 Å². The molecule has 4 nitrogen and oxygen atoms in total. The third-order valence-electron chi connectivity index (χ3n) is 6.86. The Hall–Kier alpha value is -4.20. The first-order valence-electron chi connectivity index (χ1n) is 11.8. The zero-order valence-corrected chi connectivity index (χ0v) is 19.8. The molecular formula is C29H21F4N3O. The highest BCUT2D eigenvalue weighted by atomic mass is 19.4. The lowest BCUT2D eigenvalue weighted by Crippen LogP contribution is -2.08. The Morgan fingerprint density at radius 2 is 1.78 bits per heavy atom. The van der Waals surface area contributed by atoms with Crippen LogP contribution < -0.4 is 4.74 Å². The molecule has 0 amide bonds. The van der Waals surface area contributed by atoms with Gasteiger partial charge in [-0.2, -0.15) is 18.3 Å². The normalized spacial score (nSPS) is 15.2. The summed E-state index contributed by atoms with van der Waals surface area (Å²) in [6, 6.07) is 22.3. The van der Waals surface area contributed by atoms with E-state index < -0.39 is 17.6 Å². The lowest BCUT2D eigenvalue weighted by atomic mass is 9.93. The molecule has 0 fully saturated rings. The fraction of sp³-hybridized carbons (Fsp3) is 0.172. The highest BCUT2D eigenvalue weighted by molar-refractivity contribution is 5.86. The van der Waals surface area contributed by atoms with Crippen molar-refractivity contribution >= 4 is 10.9 Å². The van der Waals surface area contributed by atoms with Crippen LogP contribution in [0.2, 0.25) is 0 Å². The number of pyridine rings is 1. The zero-order valence-electron chi connectivity index (χ0n) is 19.8. The minimum Gasteiger partial charge on any atom is -0.497 e. The first-order chi connectivity index (χ1) is 17.8. The fourth-order valence-corrected chi connectivity index (χ4v) is 5.05.